The Bertz CT molecular complexity index is 695. The van der Waals surface area contributed by atoms with Crippen LogP contribution in [0.3, 0.4) is 0 Å². The van der Waals surface area contributed by atoms with E-state index in [1.165, 1.54) is 11.3 Å². The van der Waals surface area contributed by atoms with E-state index in [9.17, 15) is 9.59 Å². The van der Waals surface area contributed by atoms with Crippen molar-refractivity contribution in [2.24, 2.45) is 5.92 Å². The van der Waals surface area contributed by atoms with Crippen LogP contribution in [0.25, 0.3) is 0 Å². The zero-order valence-corrected chi connectivity index (χ0v) is 14.8. The number of nitrogens with zero attached hydrogens (tertiary/aromatic N) is 1. The summed E-state index contributed by atoms with van der Waals surface area (Å²) in [7, 11) is 1.57. The van der Waals surface area contributed by atoms with Crippen molar-refractivity contribution in [3.63, 3.8) is 0 Å². The SMILES string of the molecule is COc1ccc(C(=O)Nc2nc(CC(=O)NCC(C)C)cs2)cc1. The van der Waals surface area contributed by atoms with E-state index < -0.39 is 0 Å². The highest BCUT2D eigenvalue weighted by atomic mass is 32.1. The van der Waals surface area contributed by atoms with Crippen LogP contribution in [0.4, 0.5) is 5.13 Å². The molecule has 0 radical (unpaired) electrons. The Morgan fingerprint density at radius 1 is 1.25 bits per heavy atom. The molecule has 0 fully saturated rings. The van der Waals surface area contributed by atoms with Gasteiger partial charge in [-0.1, -0.05) is 13.8 Å². The summed E-state index contributed by atoms with van der Waals surface area (Å²) in [5.41, 5.74) is 1.16. The lowest BCUT2D eigenvalue weighted by Gasteiger charge is -2.06. The molecule has 1 aromatic carbocycles. The van der Waals surface area contributed by atoms with Crippen molar-refractivity contribution in [2.75, 3.05) is 19.0 Å². The lowest BCUT2D eigenvalue weighted by molar-refractivity contribution is -0.120. The zero-order valence-electron chi connectivity index (χ0n) is 14.0. The molecule has 2 N–H and O–H groups in total. The number of thiazole rings is 1. The fourth-order valence-corrected chi connectivity index (χ4v) is 2.61. The summed E-state index contributed by atoms with van der Waals surface area (Å²) in [6, 6.07) is 6.81. The van der Waals surface area contributed by atoms with E-state index in [-0.39, 0.29) is 18.2 Å². The Kier molecular flexibility index (Phi) is 6.31. The standard InChI is InChI=1S/C17H21N3O3S/c1-11(2)9-18-15(21)8-13-10-24-17(19-13)20-16(22)12-4-6-14(23-3)7-5-12/h4-7,10-11H,8-9H2,1-3H3,(H,18,21)(H,19,20,22). The number of anilines is 1. The average molecular weight is 347 g/mol. The monoisotopic (exact) mass is 347 g/mol. The predicted molar refractivity (Wildman–Crippen MR) is 94.6 cm³/mol. The first-order valence-electron chi connectivity index (χ1n) is 7.64. The number of benzene rings is 1. The number of amides is 2. The van der Waals surface area contributed by atoms with E-state index in [2.05, 4.69) is 15.6 Å². The quantitative estimate of drug-likeness (QED) is 0.807. The summed E-state index contributed by atoms with van der Waals surface area (Å²) in [6.07, 6.45) is 0.210. The van der Waals surface area contributed by atoms with E-state index in [0.717, 1.165) is 0 Å². The first-order valence-corrected chi connectivity index (χ1v) is 8.52. The fraction of sp³-hybridized carbons (Fsp3) is 0.353. The Balaban J connectivity index is 1.90. The molecule has 2 rings (SSSR count). The lowest BCUT2D eigenvalue weighted by Crippen LogP contribution is -2.28. The zero-order chi connectivity index (χ0) is 17.5. The average Bonchev–Trinajstić information content (AvgIpc) is 2.99. The molecule has 128 valence electrons. The van der Waals surface area contributed by atoms with E-state index >= 15 is 0 Å². The third kappa shape index (κ3) is 5.34. The van der Waals surface area contributed by atoms with Crippen LogP contribution in [0.5, 0.6) is 5.75 Å². The minimum absolute atomic E-state index is 0.0676. The van der Waals surface area contributed by atoms with Crippen molar-refractivity contribution in [3.05, 3.63) is 40.9 Å². The van der Waals surface area contributed by atoms with Gasteiger partial charge in [0, 0.05) is 17.5 Å². The van der Waals surface area contributed by atoms with Gasteiger partial charge in [0.2, 0.25) is 5.91 Å². The second-order valence-corrected chi connectivity index (χ2v) is 6.56. The van der Waals surface area contributed by atoms with Crippen LogP contribution < -0.4 is 15.4 Å². The minimum atomic E-state index is -0.247. The van der Waals surface area contributed by atoms with Crippen LogP contribution in [0.2, 0.25) is 0 Å². The molecular weight excluding hydrogens is 326 g/mol. The molecule has 0 bridgehead atoms. The number of nitrogens with one attached hydrogen (secondary N) is 2. The molecule has 0 aliphatic carbocycles. The van der Waals surface area contributed by atoms with Gasteiger partial charge in [-0.05, 0) is 30.2 Å². The second-order valence-electron chi connectivity index (χ2n) is 5.70. The molecule has 0 aliphatic rings. The molecule has 2 amide bonds. The number of rotatable bonds is 7. The summed E-state index contributed by atoms with van der Waals surface area (Å²) in [5, 5.41) is 7.83. The maximum Gasteiger partial charge on any atom is 0.257 e. The Hall–Kier alpha value is -2.41. The van der Waals surface area contributed by atoms with Gasteiger partial charge in [-0.3, -0.25) is 14.9 Å². The van der Waals surface area contributed by atoms with Crippen LogP contribution in [0.1, 0.15) is 29.9 Å². The molecule has 24 heavy (non-hydrogen) atoms. The molecule has 0 aliphatic heterocycles. The van der Waals surface area contributed by atoms with Crippen molar-refractivity contribution in [1.82, 2.24) is 10.3 Å². The van der Waals surface area contributed by atoms with Gasteiger partial charge >= 0.3 is 0 Å². The van der Waals surface area contributed by atoms with Crippen LogP contribution in [-0.4, -0.2) is 30.5 Å². The summed E-state index contributed by atoms with van der Waals surface area (Å²) in [6.45, 7) is 4.72. The third-order valence-electron chi connectivity index (χ3n) is 3.17. The van der Waals surface area contributed by atoms with Crippen molar-refractivity contribution in [2.45, 2.75) is 20.3 Å². The summed E-state index contributed by atoms with van der Waals surface area (Å²) < 4.78 is 5.06. The van der Waals surface area contributed by atoms with E-state index in [4.69, 9.17) is 4.74 Å². The molecule has 0 atom stereocenters. The highest BCUT2D eigenvalue weighted by molar-refractivity contribution is 7.14. The number of hydrogen-bond acceptors (Lipinski definition) is 5. The number of hydrogen-bond donors (Lipinski definition) is 2. The Morgan fingerprint density at radius 3 is 2.58 bits per heavy atom. The van der Waals surface area contributed by atoms with E-state index in [0.29, 0.717) is 34.6 Å². The van der Waals surface area contributed by atoms with Gasteiger partial charge in [0.15, 0.2) is 5.13 Å². The number of carbonyl (C=O) groups is 2. The maximum atomic E-state index is 12.2. The van der Waals surface area contributed by atoms with Gasteiger partial charge in [0.1, 0.15) is 5.75 Å². The molecule has 1 aromatic heterocycles. The van der Waals surface area contributed by atoms with Gasteiger partial charge in [0.25, 0.3) is 5.91 Å². The van der Waals surface area contributed by atoms with Crippen molar-refractivity contribution in [3.8, 4) is 5.75 Å². The number of ether oxygens (including phenoxy) is 1. The summed E-state index contributed by atoms with van der Waals surface area (Å²) >= 11 is 1.30. The number of carbonyl (C=O) groups excluding carboxylic acids is 2. The highest BCUT2D eigenvalue weighted by Gasteiger charge is 2.11. The largest absolute Gasteiger partial charge is 0.497 e. The van der Waals surface area contributed by atoms with Crippen molar-refractivity contribution < 1.29 is 14.3 Å². The number of methoxy groups -OCH3 is 1. The van der Waals surface area contributed by atoms with E-state index in [1.807, 2.05) is 13.8 Å². The van der Waals surface area contributed by atoms with Crippen LogP contribution in [0, 0.1) is 5.92 Å². The smallest absolute Gasteiger partial charge is 0.257 e. The minimum Gasteiger partial charge on any atom is -0.497 e. The van der Waals surface area contributed by atoms with Crippen molar-refractivity contribution >= 4 is 28.3 Å². The normalized spacial score (nSPS) is 10.5. The van der Waals surface area contributed by atoms with Gasteiger partial charge < -0.3 is 10.1 Å². The Morgan fingerprint density at radius 2 is 1.96 bits per heavy atom. The molecule has 6 nitrogen and oxygen atoms in total. The topological polar surface area (TPSA) is 80.3 Å². The van der Waals surface area contributed by atoms with Gasteiger partial charge in [-0.2, -0.15) is 0 Å². The van der Waals surface area contributed by atoms with Crippen LogP contribution in [0.15, 0.2) is 29.6 Å². The molecule has 7 heteroatoms. The first-order chi connectivity index (χ1) is 11.5. The van der Waals surface area contributed by atoms with Gasteiger partial charge in [-0.25, -0.2) is 4.98 Å². The molecule has 0 spiro atoms. The summed E-state index contributed by atoms with van der Waals surface area (Å²) in [5.74, 6) is 0.782. The van der Waals surface area contributed by atoms with Crippen molar-refractivity contribution in [1.29, 1.82) is 0 Å². The van der Waals surface area contributed by atoms with Gasteiger partial charge in [-0.15, -0.1) is 11.3 Å². The molecule has 1 heterocycles. The lowest BCUT2D eigenvalue weighted by atomic mass is 10.2. The van der Waals surface area contributed by atoms with Crippen LogP contribution >= 0.6 is 11.3 Å². The highest BCUT2D eigenvalue weighted by Crippen LogP contribution is 2.18. The molecule has 2 aromatic rings. The Labute approximate surface area is 145 Å². The van der Waals surface area contributed by atoms with Gasteiger partial charge in [0.05, 0.1) is 19.2 Å². The van der Waals surface area contributed by atoms with E-state index in [1.54, 1.807) is 36.8 Å². The fourth-order valence-electron chi connectivity index (χ4n) is 1.90. The molecular formula is C17H21N3O3S. The number of aromatic nitrogens is 1. The molecule has 0 unspecified atom stereocenters. The van der Waals surface area contributed by atoms with Crippen LogP contribution in [-0.2, 0) is 11.2 Å². The first kappa shape index (κ1) is 17.9. The molecule has 0 saturated heterocycles. The predicted octanol–water partition coefficient (Wildman–Crippen LogP) is 2.72. The summed E-state index contributed by atoms with van der Waals surface area (Å²) in [4.78, 5) is 28.2. The third-order valence-corrected chi connectivity index (χ3v) is 3.98. The molecule has 0 saturated carbocycles. The maximum absolute atomic E-state index is 12.2. The second kappa shape index (κ2) is 8.44.